The predicted molar refractivity (Wildman–Crippen MR) is 161 cm³/mol. The van der Waals surface area contributed by atoms with Gasteiger partial charge in [-0.25, -0.2) is 8.42 Å². The molecule has 0 heterocycles. The van der Waals surface area contributed by atoms with E-state index in [2.05, 4.69) is 5.32 Å². The van der Waals surface area contributed by atoms with Gasteiger partial charge in [0.1, 0.15) is 12.6 Å². The summed E-state index contributed by atoms with van der Waals surface area (Å²) in [5, 5.41) is 2.89. The quantitative estimate of drug-likeness (QED) is 0.292. The number of hydrogen-bond acceptors (Lipinski definition) is 4. The van der Waals surface area contributed by atoms with E-state index in [-0.39, 0.29) is 23.5 Å². The first kappa shape index (κ1) is 33.6. The first-order valence-corrected chi connectivity index (χ1v) is 15.3. The Bertz CT molecular complexity index is 1550. The highest BCUT2D eigenvalue weighted by Gasteiger charge is 2.36. The highest BCUT2D eigenvalue weighted by atomic mass is 32.2. The second-order valence-corrected chi connectivity index (χ2v) is 13.3. The summed E-state index contributed by atoms with van der Waals surface area (Å²) in [5.74, 6) is -1.17. The van der Waals surface area contributed by atoms with Crippen LogP contribution >= 0.6 is 0 Å². The van der Waals surface area contributed by atoms with E-state index in [9.17, 15) is 31.2 Å². The lowest BCUT2D eigenvalue weighted by molar-refractivity contribution is -0.141. The topological polar surface area (TPSA) is 86.8 Å². The van der Waals surface area contributed by atoms with Crippen molar-refractivity contribution in [1.82, 2.24) is 10.2 Å². The summed E-state index contributed by atoms with van der Waals surface area (Å²) < 4.78 is 69.5. The molecule has 0 spiro atoms. The van der Waals surface area contributed by atoms with Crippen molar-refractivity contribution >= 4 is 27.5 Å². The smallest absolute Gasteiger partial charge is 0.350 e. The maximum Gasteiger partial charge on any atom is 0.416 e. The fourth-order valence-electron chi connectivity index (χ4n) is 4.55. The van der Waals surface area contributed by atoms with Crippen molar-refractivity contribution in [3.63, 3.8) is 0 Å². The lowest BCUT2D eigenvalue weighted by Crippen LogP contribution is -2.55. The van der Waals surface area contributed by atoms with Gasteiger partial charge in [0.15, 0.2) is 0 Å². The molecule has 3 aromatic carbocycles. The van der Waals surface area contributed by atoms with E-state index in [4.69, 9.17) is 0 Å². The number of alkyl halides is 3. The van der Waals surface area contributed by atoms with Gasteiger partial charge in [0.05, 0.1) is 16.1 Å². The van der Waals surface area contributed by atoms with Crippen molar-refractivity contribution in [2.75, 3.05) is 10.8 Å². The summed E-state index contributed by atoms with van der Waals surface area (Å²) in [6, 6.07) is 15.9. The molecule has 7 nitrogen and oxygen atoms in total. The van der Waals surface area contributed by atoms with Crippen LogP contribution in [0.15, 0.2) is 77.7 Å². The molecule has 0 aliphatic heterocycles. The van der Waals surface area contributed by atoms with E-state index in [0.717, 1.165) is 28.8 Å². The van der Waals surface area contributed by atoms with E-state index >= 15 is 0 Å². The van der Waals surface area contributed by atoms with Gasteiger partial charge in [0.25, 0.3) is 10.0 Å². The molecule has 232 valence electrons. The van der Waals surface area contributed by atoms with Gasteiger partial charge in [-0.15, -0.1) is 0 Å². The Balaban J connectivity index is 2.15. The molecule has 0 fully saturated rings. The minimum atomic E-state index is -4.74. The van der Waals surface area contributed by atoms with Crippen molar-refractivity contribution in [1.29, 1.82) is 0 Å². The maximum atomic E-state index is 14.1. The molecule has 1 N–H and O–H groups in total. The molecular weight excluding hydrogens is 579 g/mol. The molecule has 43 heavy (non-hydrogen) atoms. The number of hydrogen-bond donors (Lipinski definition) is 1. The standard InChI is InChI=1S/C32H38F3N3O4S/c1-7-28(30(40)36-31(4,5)6)37(20-24-12-9-8-11-23(24)3)29(39)21-38(26-14-10-13-25(19-26)32(33,34)35)43(41,42)27-17-15-22(2)16-18-27/h8-19,28H,7,20-21H2,1-6H3,(H,36,40)/t28-/m1/s1. The number of benzene rings is 3. The number of carbonyl (C=O) groups excluding carboxylic acids is 2. The van der Waals surface area contributed by atoms with Gasteiger partial charge in [0.2, 0.25) is 11.8 Å². The average Bonchev–Trinajstić information content (AvgIpc) is 2.91. The van der Waals surface area contributed by atoms with Gasteiger partial charge < -0.3 is 10.2 Å². The van der Waals surface area contributed by atoms with Crippen LogP contribution in [0.4, 0.5) is 18.9 Å². The normalized spacial score (nSPS) is 12.9. The second kappa shape index (κ2) is 13.2. The molecule has 2 amide bonds. The minimum Gasteiger partial charge on any atom is -0.350 e. The molecule has 0 aliphatic rings. The summed E-state index contributed by atoms with van der Waals surface area (Å²) in [5.41, 5.74) is 0.376. The Morgan fingerprint density at radius 3 is 2.09 bits per heavy atom. The van der Waals surface area contributed by atoms with E-state index < -0.39 is 51.7 Å². The number of aryl methyl sites for hydroxylation is 2. The van der Waals surface area contributed by atoms with Gasteiger partial charge in [-0.05, 0) is 82.5 Å². The summed E-state index contributed by atoms with van der Waals surface area (Å²) in [7, 11) is -4.51. The van der Waals surface area contributed by atoms with Crippen LogP contribution in [-0.4, -0.2) is 43.3 Å². The third kappa shape index (κ3) is 8.59. The second-order valence-electron chi connectivity index (χ2n) is 11.5. The third-order valence-electron chi connectivity index (χ3n) is 6.84. The van der Waals surface area contributed by atoms with Crippen LogP contribution in [0.5, 0.6) is 0 Å². The van der Waals surface area contributed by atoms with Gasteiger partial charge in [-0.3, -0.25) is 13.9 Å². The molecule has 0 saturated carbocycles. The van der Waals surface area contributed by atoms with Gasteiger partial charge in [0, 0.05) is 12.1 Å². The van der Waals surface area contributed by atoms with Crippen LogP contribution in [0, 0.1) is 13.8 Å². The van der Waals surface area contributed by atoms with Crippen molar-refractivity contribution < 1.29 is 31.2 Å². The fraction of sp³-hybridized carbons (Fsp3) is 0.375. The molecule has 11 heteroatoms. The Kier molecular flexibility index (Phi) is 10.3. The molecule has 0 unspecified atom stereocenters. The zero-order chi connectivity index (χ0) is 32.2. The van der Waals surface area contributed by atoms with Crippen molar-refractivity contribution in [2.24, 2.45) is 0 Å². The number of nitrogens with one attached hydrogen (secondary N) is 1. The van der Waals surface area contributed by atoms with Gasteiger partial charge >= 0.3 is 6.18 Å². The van der Waals surface area contributed by atoms with Gasteiger partial charge in [-0.1, -0.05) is 55.0 Å². The first-order valence-electron chi connectivity index (χ1n) is 13.9. The number of nitrogens with zero attached hydrogens (tertiary/aromatic N) is 2. The van der Waals surface area contributed by atoms with Crippen LogP contribution in [0.25, 0.3) is 0 Å². The van der Waals surface area contributed by atoms with Crippen molar-refractivity contribution in [3.05, 3.63) is 95.1 Å². The molecule has 1 atom stereocenters. The van der Waals surface area contributed by atoms with E-state index in [1.807, 2.05) is 19.1 Å². The molecular formula is C32H38F3N3O4S. The Morgan fingerprint density at radius 1 is 0.907 bits per heavy atom. The number of sulfonamides is 1. The summed E-state index contributed by atoms with van der Waals surface area (Å²) >= 11 is 0. The SMILES string of the molecule is CC[C@H](C(=O)NC(C)(C)C)N(Cc1ccccc1C)C(=O)CN(c1cccc(C(F)(F)F)c1)S(=O)(=O)c1ccc(C)cc1. The van der Waals surface area contributed by atoms with Crippen LogP contribution < -0.4 is 9.62 Å². The third-order valence-corrected chi connectivity index (χ3v) is 8.62. The molecule has 3 rings (SSSR count). The first-order chi connectivity index (χ1) is 19.9. The van der Waals surface area contributed by atoms with Crippen molar-refractivity contribution in [2.45, 2.75) is 77.2 Å². The number of halogens is 3. The Hall–Kier alpha value is -3.86. The molecule has 3 aromatic rings. The molecule has 0 aromatic heterocycles. The Morgan fingerprint density at radius 2 is 1.53 bits per heavy atom. The number of carbonyl (C=O) groups is 2. The van der Waals surface area contributed by atoms with Crippen molar-refractivity contribution in [3.8, 4) is 0 Å². The molecule has 0 aliphatic carbocycles. The lowest BCUT2D eigenvalue weighted by Gasteiger charge is -2.35. The molecule has 0 radical (unpaired) electrons. The summed E-state index contributed by atoms with van der Waals surface area (Å²) in [6.45, 7) is 9.91. The zero-order valence-electron chi connectivity index (χ0n) is 25.2. The lowest BCUT2D eigenvalue weighted by atomic mass is 10.0. The zero-order valence-corrected chi connectivity index (χ0v) is 26.0. The van der Waals surface area contributed by atoms with Gasteiger partial charge in [-0.2, -0.15) is 13.2 Å². The molecule has 0 bridgehead atoms. The Labute approximate surface area is 251 Å². The number of amides is 2. The van der Waals surface area contributed by atoms with Crippen LogP contribution in [0.1, 0.15) is 56.4 Å². The minimum absolute atomic E-state index is 0.0113. The molecule has 0 saturated heterocycles. The summed E-state index contributed by atoms with van der Waals surface area (Å²) in [4.78, 5) is 28.7. The number of anilines is 1. The predicted octanol–water partition coefficient (Wildman–Crippen LogP) is 6.24. The van der Waals surface area contributed by atoms with E-state index in [1.165, 1.54) is 23.1 Å². The fourth-order valence-corrected chi connectivity index (χ4v) is 5.95. The summed E-state index contributed by atoms with van der Waals surface area (Å²) in [6.07, 6.45) is -4.53. The van der Waals surface area contributed by atoms with E-state index in [0.29, 0.717) is 10.4 Å². The largest absolute Gasteiger partial charge is 0.416 e. The number of rotatable bonds is 10. The average molecular weight is 618 g/mol. The van der Waals surface area contributed by atoms with E-state index in [1.54, 1.807) is 58.9 Å². The monoisotopic (exact) mass is 617 g/mol. The van der Waals surface area contributed by atoms with Crippen LogP contribution in [0.2, 0.25) is 0 Å². The van der Waals surface area contributed by atoms with Crippen LogP contribution in [0.3, 0.4) is 0 Å². The highest BCUT2D eigenvalue weighted by molar-refractivity contribution is 7.92. The van der Waals surface area contributed by atoms with Crippen LogP contribution in [-0.2, 0) is 32.3 Å². The maximum absolute atomic E-state index is 14.1. The highest BCUT2D eigenvalue weighted by Crippen LogP contribution is 2.33.